The van der Waals surface area contributed by atoms with Crippen LogP contribution in [0.4, 0.5) is 20.6 Å². The third-order valence-electron chi connectivity index (χ3n) is 5.14. The van der Waals surface area contributed by atoms with Gasteiger partial charge < -0.3 is 19.7 Å². The van der Waals surface area contributed by atoms with Gasteiger partial charge in [0.1, 0.15) is 24.1 Å². The minimum absolute atomic E-state index is 0.104. The van der Waals surface area contributed by atoms with Crippen LogP contribution in [0.15, 0.2) is 12.1 Å². The van der Waals surface area contributed by atoms with Crippen LogP contribution in [0.1, 0.15) is 26.2 Å². The maximum absolute atomic E-state index is 14.8. The first kappa shape index (κ1) is 16.9. The summed E-state index contributed by atoms with van der Waals surface area (Å²) >= 11 is 0. The number of anilines is 2. The van der Waals surface area contributed by atoms with Crippen molar-refractivity contribution in [2.24, 2.45) is 0 Å². The summed E-state index contributed by atoms with van der Waals surface area (Å²) in [5.41, 5.74) is 0.898. The fourth-order valence-electron chi connectivity index (χ4n) is 3.79. The number of benzene rings is 1. The highest BCUT2D eigenvalue weighted by Crippen LogP contribution is 2.42. The molecule has 1 aromatic carbocycles. The molecule has 0 aromatic heterocycles. The average molecular weight is 363 g/mol. The third-order valence-corrected chi connectivity index (χ3v) is 5.14. The fourth-order valence-corrected chi connectivity index (χ4v) is 3.79. The minimum Gasteiger partial charge on any atom is -0.489 e. The smallest absolute Gasteiger partial charge is 0.414 e. The Morgan fingerprint density at radius 1 is 1.42 bits per heavy atom. The SMILES string of the molecule is CCC(=O)NC[C@H]1CN(c2cc(F)c3c(c2)OC[C@@H]2CCCN32)C(=O)O1. The second-order valence-electron chi connectivity index (χ2n) is 6.85. The summed E-state index contributed by atoms with van der Waals surface area (Å²) in [6, 6.07) is 3.28. The van der Waals surface area contributed by atoms with Crippen LogP contribution in [-0.2, 0) is 9.53 Å². The van der Waals surface area contributed by atoms with Crippen LogP contribution in [0.3, 0.4) is 0 Å². The zero-order valence-electron chi connectivity index (χ0n) is 14.7. The third kappa shape index (κ3) is 2.93. The molecule has 3 heterocycles. The van der Waals surface area contributed by atoms with Crippen molar-refractivity contribution < 1.29 is 23.5 Å². The Hall–Kier alpha value is -2.51. The zero-order valence-corrected chi connectivity index (χ0v) is 14.7. The van der Waals surface area contributed by atoms with Gasteiger partial charge in [-0.05, 0) is 12.8 Å². The molecule has 1 aromatic rings. The number of carbonyl (C=O) groups is 2. The molecule has 8 heteroatoms. The molecule has 0 spiro atoms. The molecule has 2 saturated heterocycles. The van der Waals surface area contributed by atoms with Gasteiger partial charge in [-0.15, -0.1) is 0 Å². The van der Waals surface area contributed by atoms with E-state index in [0.29, 0.717) is 30.2 Å². The molecular weight excluding hydrogens is 341 g/mol. The highest BCUT2D eigenvalue weighted by molar-refractivity contribution is 5.91. The lowest BCUT2D eigenvalue weighted by molar-refractivity contribution is -0.121. The van der Waals surface area contributed by atoms with E-state index in [0.717, 1.165) is 19.4 Å². The van der Waals surface area contributed by atoms with Crippen LogP contribution in [0.5, 0.6) is 5.75 Å². The molecule has 0 aliphatic carbocycles. The Bertz CT molecular complexity index is 741. The summed E-state index contributed by atoms with van der Waals surface area (Å²) in [4.78, 5) is 27.0. The number of carbonyl (C=O) groups excluding carboxylic acids is 2. The number of rotatable bonds is 4. The highest BCUT2D eigenvalue weighted by Gasteiger charge is 2.37. The van der Waals surface area contributed by atoms with E-state index in [1.807, 2.05) is 0 Å². The van der Waals surface area contributed by atoms with Crippen LogP contribution in [0.25, 0.3) is 0 Å². The van der Waals surface area contributed by atoms with Gasteiger partial charge in [-0.25, -0.2) is 9.18 Å². The van der Waals surface area contributed by atoms with E-state index in [2.05, 4.69) is 10.2 Å². The molecule has 26 heavy (non-hydrogen) atoms. The number of fused-ring (bicyclic) bond motifs is 3. The molecule has 2 atom stereocenters. The van der Waals surface area contributed by atoms with E-state index in [1.54, 1.807) is 13.0 Å². The van der Waals surface area contributed by atoms with Crippen LogP contribution in [-0.4, -0.2) is 50.4 Å². The molecule has 0 saturated carbocycles. The standard InChI is InChI=1S/C18H22FN3O4/c1-2-16(23)20-8-13-9-22(18(24)26-13)12-6-14(19)17-15(7-12)25-10-11-4-3-5-21(11)17/h6-7,11,13H,2-5,8-10H2,1H3,(H,20,23)/t11-,13-/m0/s1. The molecular formula is C18H22FN3O4. The zero-order chi connectivity index (χ0) is 18.3. The van der Waals surface area contributed by atoms with E-state index in [4.69, 9.17) is 9.47 Å². The van der Waals surface area contributed by atoms with Gasteiger partial charge in [0.05, 0.1) is 24.8 Å². The number of hydrogen-bond acceptors (Lipinski definition) is 5. The molecule has 4 rings (SSSR count). The van der Waals surface area contributed by atoms with Crippen molar-refractivity contribution in [2.75, 3.05) is 36.0 Å². The molecule has 1 N–H and O–H groups in total. The summed E-state index contributed by atoms with van der Waals surface area (Å²) in [7, 11) is 0. The van der Waals surface area contributed by atoms with Crippen LogP contribution in [0.2, 0.25) is 0 Å². The topological polar surface area (TPSA) is 71.1 Å². The molecule has 7 nitrogen and oxygen atoms in total. The Labute approximate surface area is 151 Å². The van der Waals surface area contributed by atoms with Crippen molar-refractivity contribution >= 4 is 23.4 Å². The lowest BCUT2D eigenvalue weighted by Crippen LogP contribution is -2.39. The van der Waals surface area contributed by atoms with Gasteiger partial charge >= 0.3 is 6.09 Å². The number of cyclic esters (lactones) is 1. The summed E-state index contributed by atoms with van der Waals surface area (Å²) < 4.78 is 25.8. The van der Waals surface area contributed by atoms with Crippen LogP contribution < -0.4 is 19.9 Å². The predicted molar refractivity (Wildman–Crippen MR) is 93.2 cm³/mol. The second kappa shape index (κ2) is 6.66. The molecule has 140 valence electrons. The molecule has 3 aliphatic rings. The summed E-state index contributed by atoms with van der Waals surface area (Å²) in [5, 5.41) is 2.71. The summed E-state index contributed by atoms with van der Waals surface area (Å²) in [6.45, 7) is 3.61. The summed E-state index contributed by atoms with van der Waals surface area (Å²) in [6.07, 6.45) is 1.40. The van der Waals surface area contributed by atoms with Crippen molar-refractivity contribution in [3.8, 4) is 5.75 Å². The van der Waals surface area contributed by atoms with Crippen molar-refractivity contribution in [3.05, 3.63) is 17.9 Å². The number of nitrogens with one attached hydrogen (secondary N) is 1. The predicted octanol–water partition coefficient (Wildman–Crippen LogP) is 2.04. The van der Waals surface area contributed by atoms with Gasteiger partial charge in [-0.1, -0.05) is 6.92 Å². The number of nitrogens with zero attached hydrogens (tertiary/aromatic N) is 2. The Morgan fingerprint density at radius 2 is 2.27 bits per heavy atom. The van der Waals surface area contributed by atoms with Gasteiger partial charge in [-0.2, -0.15) is 0 Å². The maximum atomic E-state index is 14.8. The van der Waals surface area contributed by atoms with Crippen molar-refractivity contribution in [1.82, 2.24) is 5.32 Å². The first-order valence-electron chi connectivity index (χ1n) is 9.04. The minimum atomic E-state index is -0.546. The molecule has 0 radical (unpaired) electrons. The molecule has 2 amide bonds. The van der Waals surface area contributed by atoms with Gasteiger partial charge in [0, 0.05) is 25.1 Å². The maximum Gasteiger partial charge on any atom is 0.414 e. The van der Waals surface area contributed by atoms with Gasteiger partial charge in [-0.3, -0.25) is 9.69 Å². The van der Waals surface area contributed by atoms with E-state index in [-0.39, 0.29) is 30.9 Å². The number of hydrogen-bond donors (Lipinski definition) is 1. The van der Waals surface area contributed by atoms with E-state index in [1.165, 1.54) is 11.0 Å². The Kier molecular flexibility index (Phi) is 4.34. The highest BCUT2D eigenvalue weighted by atomic mass is 19.1. The first-order chi connectivity index (χ1) is 12.6. The summed E-state index contributed by atoms with van der Waals surface area (Å²) in [5.74, 6) is -0.0267. The Morgan fingerprint density at radius 3 is 3.08 bits per heavy atom. The van der Waals surface area contributed by atoms with E-state index in [9.17, 15) is 14.0 Å². The lowest BCUT2D eigenvalue weighted by Gasteiger charge is -2.34. The Balaban J connectivity index is 1.52. The molecule has 0 unspecified atom stereocenters. The normalized spacial score (nSPS) is 24.0. The second-order valence-corrected chi connectivity index (χ2v) is 6.85. The fraction of sp³-hybridized carbons (Fsp3) is 0.556. The number of halogens is 1. The molecule has 0 bridgehead atoms. The van der Waals surface area contributed by atoms with Gasteiger partial charge in [0.15, 0.2) is 5.82 Å². The van der Waals surface area contributed by atoms with Crippen LogP contribution in [0, 0.1) is 5.82 Å². The lowest BCUT2D eigenvalue weighted by atomic mass is 10.1. The van der Waals surface area contributed by atoms with E-state index < -0.39 is 12.2 Å². The monoisotopic (exact) mass is 363 g/mol. The van der Waals surface area contributed by atoms with Crippen molar-refractivity contribution in [1.29, 1.82) is 0 Å². The van der Waals surface area contributed by atoms with Gasteiger partial charge in [0.2, 0.25) is 5.91 Å². The van der Waals surface area contributed by atoms with Crippen molar-refractivity contribution in [3.63, 3.8) is 0 Å². The average Bonchev–Trinajstić information content (AvgIpc) is 3.25. The largest absolute Gasteiger partial charge is 0.489 e. The number of ether oxygens (including phenoxy) is 2. The number of amides is 2. The van der Waals surface area contributed by atoms with E-state index >= 15 is 0 Å². The molecule has 3 aliphatic heterocycles. The van der Waals surface area contributed by atoms with Gasteiger partial charge in [0.25, 0.3) is 0 Å². The first-order valence-corrected chi connectivity index (χ1v) is 9.04. The van der Waals surface area contributed by atoms with Crippen molar-refractivity contribution in [2.45, 2.75) is 38.3 Å². The quantitative estimate of drug-likeness (QED) is 0.886. The molecule has 2 fully saturated rings. The van der Waals surface area contributed by atoms with Crippen LogP contribution >= 0.6 is 0 Å².